The molecule has 0 saturated carbocycles. The number of carbonyl (C=O) groups is 1. The van der Waals surface area contributed by atoms with Crippen LogP contribution in [0.3, 0.4) is 0 Å². The van der Waals surface area contributed by atoms with Gasteiger partial charge in [-0.1, -0.05) is 11.6 Å². The van der Waals surface area contributed by atoms with Crippen LogP contribution in [-0.4, -0.2) is 10.8 Å². The van der Waals surface area contributed by atoms with E-state index >= 15 is 0 Å². The van der Waals surface area contributed by atoms with Gasteiger partial charge in [-0.05, 0) is 37.6 Å². The van der Waals surface area contributed by atoms with E-state index < -0.39 is 0 Å². The molecule has 1 aromatic carbocycles. The highest BCUT2D eigenvalue weighted by molar-refractivity contribution is 6.31. The van der Waals surface area contributed by atoms with Crippen molar-refractivity contribution in [2.75, 3.05) is 0 Å². The molecule has 16 heavy (non-hydrogen) atoms. The smallest absolute Gasteiger partial charge is 0.259 e. The van der Waals surface area contributed by atoms with Crippen molar-refractivity contribution >= 4 is 28.3 Å². The van der Waals surface area contributed by atoms with Crippen LogP contribution in [0.4, 0.5) is 0 Å². The number of carbonyl (C=O) groups excluding carboxylic acids is 1. The first-order chi connectivity index (χ1) is 7.50. The van der Waals surface area contributed by atoms with E-state index in [4.69, 9.17) is 11.6 Å². The van der Waals surface area contributed by atoms with Crippen LogP contribution in [0.15, 0.2) is 23.0 Å². The molecule has 2 rings (SSSR count). The van der Waals surface area contributed by atoms with Crippen molar-refractivity contribution in [3.8, 4) is 0 Å². The van der Waals surface area contributed by atoms with Gasteiger partial charge in [-0.2, -0.15) is 0 Å². The first-order valence-electron chi connectivity index (χ1n) is 4.84. The molecule has 3 nitrogen and oxygen atoms in total. The summed E-state index contributed by atoms with van der Waals surface area (Å²) in [6, 6.07) is 5.18. The second kappa shape index (κ2) is 3.76. The molecule has 0 spiro atoms. The first-order valence-corrected chi connectivity index (χ1v) is 5.21. The third-order valence-electron chi connectivity index (χ3n) is 2.59. The van der Waals surface area contributed by atoms with Crippen molar-refractivity contribution in [2.24, 2.45) is 0 Å². The van der Waals surface area contributed by atoms with Crippen molar-refractivity contribution < 1.29 is 4.79 Å². The van der Waals surface area contributed by atoms with Crippen molar-refractivity contribution in [1.29, 1.82) is 0 Å². The number of fused-ring (bicyclic) bond motifs is 1. The molecule has 2 aromatic rings. The van der Waals surface area contributed by atoms with Crippen LogP contribution < -0.4 is 5.56 Å². The molecule has 0 aliphatic carbocycles. The molecule has 1 N–H and O–H groups in total. The summed E-state index contributed by atoms with van der Waals surface area (Å²) in [5.41, 5.74) is 1.22. The molecule has 4 heteroatoms. The number of nitrogens with one attached hydrogen (secondary N) is 1. The standard InChI is InChI=1S/C12H10ClNO2/c1-6-9-5-8(13)3-4-10(9)14-12(16)11(6)7(2)15/h3-5H,1-2H3,(H,14,16). The van der Waals surface area contributed by atoms with Gasteiger partial charge in [-0.3, -0.25) is 9.59 Å². The Bertz CT molecular complexity index is 643. The summed E-state index contributed by atoms with van der Waals surface area (Å²) in [5.74, 6) is -0.236. The summed E-state index contributed by atoms with van der Waals surface area (Å²) in [4.78, 5) is 25.7. The maximum atomic E-state index is 11.7. The van der Waals surface area contributed by atoms with E-state index in [-0.39, 0.29) is 16.9 Å². The molecule has 1 heterocycles. The van der Waals surface area contributed by atoms with E-state index in [2.05, 4.69) is 4.98 Å². The first kappa shape index (κ1) is 10.9. The van der Waals surface area contributed by atoms with Gasteiger partial charge in [-0.15, -0.1) is 0 Å². The number of pyridine rings is 1. The van der Waals surface area contributed by atoms with Gasteiger partial charge in [0.15, 0.2) is 5.78 Å². The van der Waals surface area contributed by atoms with Crippen LogP contribution in [-0.2, 0) is 0 Å². The van der Waals surface area contributed by atoms with Gasteiger partial charge in [-0.25, -0.2) is 0 Å². The maximum Gasteiger partial charge on any atom is 0.259 e. The van der Waals surface area contributed by atoms with Gasteiger partial charge in [0, 0.05) is 15.9 Å². The number of hydrogen-bond acceptors (Lipinski definition) is 2. The Morgan fingerprint density at radius 3 is 2.69 bits per heavy atom. The largest absolute Gasteiger partial charge is 0.321 e. The molecular weight excluding hydrogens is 226 g/mol. The predicted molar refractivity (Wildman–Crippen MR) is 64.3 cm³/mol. The lowest BCUT2D eigenvalue weighted by molar-refractivity contribution is 0.101. The van der Waals surface area contributed by atoms with Gasteiger partial charge in [0.2, 0.25) is 0 Å². The topological polar surface area (TPSA) is 49.9 Å². The zero-order valence-corrected chi connectivity index (χ0v) is 9.68. The second-order valence-corrected chi connectivity index (χ2v) is 4.14. The Morgan fingerprint density at radius 1 is 1.38 bits per heavy atom. The minimum Gasteiger partial charge on any atom is -0.321 e. The fourth-order valence-corrected chi connectivity index (χ4v) is 2.02. The fraction of sp³-hybridized carbons (Fsp3) is 0.167. The van der Waals surface area contributed by atoms with E-state index in [1.54, 1.807) is 25.1 Å². The van der Waals surface area contributed by atoms with Gasteiger partial charge in [0.1, 0.15) is 0 Å². The summed E-state index contributed by atoms with van der Waals surface area (Å²) in [5, 5.41) is 1.38. The molecule has 0 aliphatic rings. The SMILES string of the molecule is CC(=O)c1c(C)c2cc(Cl)ccc2[nH]c1=O. The van der Waals surface area contributed by atoms with E-state index in [1.165, 1.54) is 6.92 Å². The number of aryl methyl sites for hydroxylation is 1. The lowest BCUT2D eigenvalue weighted by atomic mass is 10.0. The summed E-state index contributed by atoms with van der Waals surface area (Å²) in [6.07, 6.45) is 0. The minimum atomic E-state index is -0.347. The summed E-state index contributed by atoms with van der Waals surface area (Å²) in [7, 11) is 0. The van der Waals surface area contributed by atoms with Crippen molar-refractivity contribution in [3.05, 3.63) is 44.7 Å². The third-order valence-corrected chi connectivity index (χ3v) is 2.82. The third kappa shape index (κ3) is 1.63. The van der Waals surface area contributed by atoms with E-state index in [9.17, 15) is 9.59 Å². The molecule has 82 valence electrons. The average Bonchev–Trinajstić information content (AvgIpc) is 2.19. The molecule has 1 aromatic heterocycles. The lowest BCUT2D eigenvalue weighted by Gasteiger charge is -2.06. The molecule has 0 amide bonds. The number of hydrogen-bond donors (Lipinski definition) is 1. The van der Waals surface area contributed by atoms with Gasteiger partial charge in [0.25, 0.3) is 5.56 Å². The number of ketones is 1. The minimum absolute atomic E-state index is 0.203. The Labute approximate surface area is 97.1 Å². The number of halogens is 1. The molecule has 0 aliphatic heterocycles. The van der Waals surface area contributed by atoms with Gasteiger partial charge < -0.3 is 4.98 Å². The Morgan fingerprint density at radius 2 is 2.06 bits per heavy atom. The molecule has 0 unspecified atom stereocenters. The van der Waals surface area contributed by atoms with Crippen LogP contribution in [0.2, 0.25) is 5.02 Å². The van der Waals surface area contributed by atoms with Crippen LogP contribution in [0.5, 0.6) is 0 Å². The van der Waals surface area contributed by atoms with E-state index in [0.29, 0.717) is 16.1 Å². The monoisotopic (exact) mass is 235 g/mol. The zero-order chi connectivity index (χ0) is 11.9. The molecule has 0 bridgehead atoms. The van der Waals surface area contributed by atoms with Crippen LogP contribution in [0, 0.1) is 6.92 Å². The summed E-state index contributed by atoms with van der Waals surface area (Å²) >= 11 is 5.89. The highest BCUT2D eigenvalue weighted by Gasteiger charge is 2.12. The maximum absolute atomic E-state index is 11.7. The highest BCUT2D eigenvalue weighted by atomic mass is 35.5. The van der Waals surface area contributed by atoms with Crippen LogP contribution in [0.1, 0.15) is 22.8 Å². The molecule has 0 saturated heterocycles. The average molecular weight is 236 g/mol. The number of rotatable bonds is 1. The predicted octanol–water partition coefficient (Wildman–Crippen LogP) is 2.69. The number of benzene rings is 1. The van der Waals surface area contributed by atoms with Crippen molar-refractivity contribution in [3.63, 3.8) is 0 Å². The van der Waals surface area contributed by atoms with Crippen LogP contribution in [0.25, 0.3) is 10.9 Å². The number of Topliss-reactive ketones (excluding diaryl/α,β-unsaturated/α-hetero) is 1. The molecule has 0 radical (unpaired) electrons. The normalized spacial score (nSPS) is 10.7. The Kier molecular flexibility index (Phi) is 2.56. The lowest BCUT2D eigenvalue weighted by Crippen LogP contribution is -2.18. The Hall–Kier alpha value is -1.61. The summed E-state index contributed by atoms with van der Waals surface area (Å²) < 4.78 is 0. The zero-order valence-electron chi connectivity index (χ0n) is 8.93. The molecular formula is C12H10ClNO2. The summed E-state index contributed by atoms with van der Waals surface area (Å²) in [6.45, 7) is 3.14. The highest BCUT2D eigenvalue weighted by Crippen LogP contribution is 2.21. The van der Waals surface area contributed by atoms with Crippen molar-refractivity contribution in [1.82, 2.24) is 4.98 Å². The molecule has 0 fully saturated rings. The van der Waals surface area contributed by atoms with Gasteiger partial charge in [0.05, 0.1) is 5.56 Å². The van der Waals surface area contributed by atoms with Gasteiger partial charge >= 0.3 is 0 Å². The molecule has 0 atom stereocenters. The number of H-pyrrole nitrogens is 1. The number of aromatic nitrogens is 1. The van der Waals surface area contributed by atoms with Crippen molar-refractivity contribution in [2.45, 2.75) is 13.8 Å². The van der Waals surface area contributed by atoms with E-state index in [1.807, 2.05) is 0 Å². The fourth-order valence-electron chi connectivity index (χ4n) is 1.85. The van der Waals surface area contributed by atoms with Crippen LogP contribution >= 0.6 is 11.6 Å². The Balaban J connectivity index is 2.96. The number of aromatic amines is 1. The quantitative estimate of drug-likeness (QED) is 0.773. The second-order valence-electron chi connectivity index (χ2n) is 3.70. The van der Waals surface area contributed by atoms with E-state index in [0.717, 1.165) is 5.39 Å².